The minimum atomic E-state index is -0.885. The second-order valence-electron chi connectivity index (χ2n) is 8.81. The molecule has 37 heavy (non-hydrogen) atoms. The van der Waals surface area contributed by atoms with Crippen molar-refractivity contribution in [3.63, 3.8) is 0 Å². The van der Waals surface area contributed by atoms with Gasteiger partial charge in [0.25, 0.3) is 0 Å². The van der Waals surface area contributed by atoms with E-state index < -0.39 is 5.97 Å². The van der Waals surface area contributed by atoms with Gasteiger partial charge in [-0.05, 0) is 72.5 Å². The molecule has 0 aliphatic heterocycles. The van der Waals surface area contributed by atoms with Crippen molar-refractivity contribution < 1.29 is 9.90 Å². The summed E-state index contributed by atoms with van der Waals surface area (Å²) in [7, 11) is 0. The predicted octanol–water partition coefficient (Wildman–Crippen LogP) is 7.17. The zero-order valence-electron chi connectivity index (χ0n) is 20.2. The number of halogens is 1. The van der Waals surface area contributed by atoms with Crippen molar-refractivity contribution in [1.29, 1.82) is 5.41 Å². The van der Waals surface area contributed by atoms with Crippen LogP contribution in [0.25, 0.3) is 43.2 Å². The molecule has 0 aliphatic carbocycles. The molecule has 6 nitrogen and oxygen atoms in total. The van der Waals surface area contributed by atoms with Gasteiger partial charge in [-0.25, -0.2) is 4.98 Å². The summed E-state index contributed by atoms with van der Waals surface area (Å²) in [6, 6.07) is 17.0. The molecule has 3 aromatic carbocycles. The predicted molar refractivity (Wildman–Crippen MR) is 152 cm³/mol. The maximum Gasteiger partial charge on any atom is 0.307 e. The third-order valence-corrected chi connectivity index (χ3v) is 7.84. The second-order valence-corrected chi connectivity index (χ2v) is 10.2. The van der Waals surface area contributed by atoms with Gasteiger partial charge < -0.3 is 16.2 Å². The molecule has 0 radical (unpaired) electrons. The van der Waals surface area contributed by atoms with E-state index in [0.717, 1.165) is 59.9 Å². The van der Waals surface area contributed by atoms with Crippen molar-refractivity contribution in [3.05, 3.63) is 88.1 Å². The van der Waals surface area contributed by atoms with E-state index in [9.17, 15) is 9.90 Å². The Morgan fingerprint density at radius 2 is 1.86 bits per heavy atom. The van der Waals surface area contributed by atoms with Gasteiger partial charge in [-0.1, -0.05) is 29.8 Å². The molecule has 0 bridgehead atoms. The number of aromatic nitrogens is 2. The van der Waals surface area contributed by atoms with Crippen LogP contribution in [0.3, 0.4) is 0 Å². The van der Waals surface area contributed by atoms with Crippen molar-refractivity contribution >= 4 is 51.0 Å². The number of fused-ring (bicyclic) bond motifs is 1. The number of pyridine rings is 1. The van der Waals surface area contributed by atoms with Crippen LogP contribution in [0.15, 0.2) is 60.8 Å². The molecular weight excluding hydrogens is 504 g/mol. The van der Waals surface area contributed by atoms with Crippen LogP contribution in [0, 0.1) is 19.3 Å². The van der Waals surface area contributed by atoms with Crippen molar-refractivity contribution in [2.24, 2.45) is 0 Å². The van der Waals surface area contributed by atoms with E-state index in [2.05, 4.69) is 4.98 Å². The Morgan fingerprint density at radius 3 is 2.57 bits per heavy atom. The summed E-state index contributed by atoms with van der Waals surface area (Å²) in [6.45, 7) is 3.86. The summed E-state index contributed by atoms with van der Waals surface area (Å²) >= 11 is 7.66. The first kappa shape index (κ1) is 24.6. The Hall–Kier alpha value is -4.07. The number of nitrogens with two attached hydrogens (primary N) is 1. The SMILES string of the molecule is Cc1cc2nc(-c3ccnc(-c4ccc(N)c(C=N)c4C)c3)sc2c(-c2ccc(Cl)cc2)c1CC(=O)O. The molecule has 0 saturated carbocycles. The van der Waals surface area contributed by atoms with Crippen molar-refractivity contribution in [1.82, 2.24) is 9.97 Å². The molecule has 5 aromatic rings. The summed E-state index contributed by atoms with van der Waals surface area (Å²) in [5, 5.41) is 18.8. The summed E-state index contributed by atoms with van der Waals surface area (Å²) in [5.74, 6) is -0.885. The first-order valence-corrected chi connectivity index (χ1v) is 12.7. The van der Waals surface area contributed by atoms with E-state index >= 15 is 0 Å². The van der Waals surface area contributed by atoms with Crippen LogP contribution < -0.4 is 5.73 Å². The van der Waals surface area contributed by atoms with Crippen LogP contribution in [-0.2, 0) is 11.2 Å². The number of anilines is 1. The number of carbonyl (C=O) groups is 1. The summed E-state index contributed by atoms with van der Waals surface area (Å²) in [5.41, 5.74) is 15.0. The molecule has 0 fully saturated rings. The lowest BCUT2D eigenvalue weighted by Crippen LogP contribution is -2.04. The Labute approximate surface area is 222 Å². The molecule has 8 heteroatoms. The number of nitrogens with one attached hydrogen (secondary N) is 1. The normalized spacial score (nSPS) is 11.1. The highest BCUT2D eigenvalue weighted by atomic mass is 35.5. The number of hydrogen-bond acceptors (Lipinski definition) is 6. The van der Waals surface area contributed by atoms with Gasteiger partial charge in [0.1, 0.15) is 5.01 Å². The first-order valence-electron chi connectivity index (χ1n) is 11.5. The van der Waals surface area contributed by atoms with E-state index in [1.165, 1.54) is 17.6 Å². The van der Waals surface area contributed by atoms with Gasteiger partial charge in [-0.2, -0.15) is 0 Å². The van der Waals surface area contributed by atoms with Gasteiger partial charge in [-0.3, -0.25) is 9.78 Å². The Bertz CT molecular complexity index is 1690. The minimum Gasteiger partial charge on any atom is -0.481 e. The number of aryl methyl sites for hydroxylation is 1. The number of carboxylic acids is 1. The van der Waals surface area contributed by atoms with Crippen LogP contribution in [0.4, 0.5) is 5.69 Å². The Kier molecular flexibility index (Phi) is 6.50. The third-order valence-electron chi connectivity index (χ3n) is 6.45. The molecule has 4 N–H and O–H groups in total. The van der Waals surface area contributed by atoms with Gasteiger partial charge in [0.05, 0.1) is 22.3 Å². The molecule has 184 valence electrons. The first-order chi connectivity index (χ1) is 17.8. The lowest BCUT2D eigenvalue weighted by Gasteiger charge is -2.13. The molecule has 0 spiro atoms. The maximum atomic E-state index is 11.7. The number of thiazole rings is 1. The highest BCUT2D eigenvalue weighted by Crippen LogP contribution is 2.41. The Balaban J connectivity index is 1.69. The fourth-order valence-electron chi connectivity index (χ4n) is 4.59. The average molecular weight is 527 g/mol. The van der Waals surface area contributed by atoms with Crippen molar-refractivity contribution in [2.45, 2.75) is 20.3 Å². The number of nitrogens with zero attached hydrogens (tertiary/aromatic N) is 2. The molecule has 0 amide bonds. The van der Waals surface area contributed by atoms with Crippen LogP contribution in [0.1, 0.15) is 22.3 Å². The van der Waals surface area contributed by atoms with E-state index in [4.69, 9.17) is 27.7 Å². The molecule has 2 heterocycles. The quantitative estimate of drug-likeness (QED) is 0.160. The van der Waals surface area contributed by atoms with Gasteiger partial charge in [-0.15, -0.1) is 11.3 Å². The number of carboxylic acid groups (broad SMARTS) is 1. The Morgan fingerprint density at radius 1 is 1.11 bits per heavy atom. The third kappa shape index (κ3) is 4.59. The molecular formula is C29H23ClN4O2S. The van der Waals surface area contributed by atoms with Gasteiger partial charge in [0.15, 0.2) is 0 Å². The monoisotopic (exact) mass is 526 g/mol. The van der Waals surface area contributed by atoms with Crippen molar-refractivity contribution in [3.8, 4) is 33.0 Å². The fourth-order valence-corrected chi connectivity index (χ4v) is 5.85. The minimum absolute atomic E-state index is 0.0852. The smallest absolute Gasteiger partial charge is 0.307 e. The van der Waals surface area contributed by atoms with E-state index in [-0.39, 0.29) is 6.42 Å². The lowest BCUT2D eigenvalue weighted by atomic mass is 9.93. The number of benzene rings is 3. The van der Waals surface area contributed by atoms with E-state index in [1.54, 1.807) is 12.3 Å². The highest BCUT2D eigenvalue weighted by molar-refractivity contribution is 7.22. The number of aliphatic carboxylic acids is 1. The molecule has 0 saturated heterocycles. The summed E-state index contributed by atoms with van der Waals surface area (Å²) < 4.78 is 0.923. The number of rotatable bonds is 6. The van der Waals surface area contributed by atoms with Gasteiger partial charge in [0, 0.05) is 45.4 Å². The molecule has 0 unspecified atom stereocenters. The van der Waals surface area contributed by atoms with Gasteiger partial charge >= 0.3 is 5.97 Å². The second kappa shape index (κ2) is 9.76. The van der Waals surface area contributed by atoms with Crippen LogP contribution in [0.5, 0.6) is 0 Å². The zero-order chi connectivity index (χ0) is 26.3. The lowest BCUT2D eigenvalue weighted by molar-refractivity contribution is -0.136. The number of nitrogen functional groups attached to an aromatic ring is 1. The summed E-state index contributed by atoms with van der Waals surface area (Å²) in [6.07, 6.45) is 2.93. The van der Waals surface area contributed by atoms with Gasteiger partial charge in [0.2, 0.25) is 0 Å². The molecule has 0 atom stereocenters. The standard InChI is InChI=1S/C29H23ClN4O2S/c1-15-11-25-28(27(21(15)13-26(35)36)17-3-5-19(30)6-4-17)37-29(34-25)18-9-10-33-24(12-18)20-7-8-23(32)22(14-31)16(20)2/h3-12,14,31H,13,32H2,1-2H3,(H,35,36). The van der Waals surface area contributed by atoms with Crippen LogP contribution in [0.2, 0.25) is 5.02 Å². The average Bonchev–Trinajstić information content (AvgIpc) is 3.29. The maximum absolute atomic E-state index is 11.7. The topological polar surface area (TPSA) is 113 Å². The molecule has 0 aliphatic rings. The zero-order valence-corrected chi connectivity index (χ0v) is 21.7. The summed E-state index contributed by atoms with van der Waals surface area (Å²) in [4.78, 5) is 21.2. The molecule has 5 rings (SSSR count). The van der Waals surface area contributed by atoms with E-state index in [1.807, 2.05) is 62.4 Å². The molecule has 2 aromatic heterocycles. The highest BCUT2D eigenvalue weighted by Gasteiger charge is 2.20. The van der Waals surface area contributed by atoms with Crippen molar-refractivity contribution in [2.75, 3.05) is 5.73 Å². The largest absolute Gasteiger partial charge is 0.481 e. The van der Waals surface area contributed by atoms with E-state index in [0.29, 0.717) is 16.3 Å². The van der Waals surface area contributed by atoms with Crippen LogP contribution >= 0.6 is 22.9 Å². The van der Waals surface area contributed by atoms with Crippen LogP contribution in [-0.4, -0.2) is 27.3 Å². The number of hydrogen-bond donors (Lipinski definition) is 3. The fraction of sp³-hybridized carbons (Fsp3) is 0.103.